The molecule has 0 saturated carbocycles. The molecule has 4 aromatic rings. The van der Waals surface area contributed by atoms with Crippen LogP contribution < -0.4 is 15.4 Å². The zero-order valence-electron chi connectivity index (χ0n) is 17.6. The molecule has 6 nitrogen and oxygen atoms in total. The summed E-state index contributed by atoms with van der Waals surface area (Å²) >= 11 is 0. The summed E-state index contributed by atoms with van der Waals surface area (Å²) in [6.45, 7) is 2.02. The lowest BCUT2D eigenvalue weighted by atomic mass is 10.1. The van der Waals surface area contributed by atoms with Gasteiger partial charge in [-0.25, -0.2) is 0 Å². The van der Waals surface area contributed by atoms with Crippen molar-refractivity contribution in [1.29, 1.82) is 0 Å². The number of carbonyl (C=O) groups excluding carboxylic acids is 2. The Bertz CT molecular complexity index is 1240. The molecular formula is C26H23N3O3. The van der Waals surface area contributed by atoms with Crippen LogP contribution in [-0.2, 0) is 11.3 Å². The lowest BCUT2D eigenvalue weighted by molar-refractivity contribution is -0.122. The van der Waals surface area contributed by atoms with E-state index in [4.69, 9.17) is 4.74 Å². The van der Waals surface area contributed by atoms with E-state index in [-0.39, 0.29) is 11.8 Å². The fraction of sp³-hybridized carbons (Fsp3) is 0.115. The van der Waals surface area contributed by atoms with Gasteiger partial charge in [-0.05, 0) is 53.6 Å². The number of benzene rings is 3. The molecule has 2 amide bonds. The van der Waals surface area contributed by atoms with Crippen molar-refractivity contribution < 1.29 is 14.3 Å². The molecule has 1 aromatic heterocycles. The average molecular weight is 425 g/mol. The molecule has 0 radical (unpaired) electrons. The van der Waals surface area contributed by atoms with Crippen LogP contribution in [0.5, 0.6) is 5.75 Å². The monoisotopic (exact) mass is 425 g/mol. The summed E-state index contributed by atoms with van der Waals surface area (Å²) in [4.78, 5) is 29.5. The molecule has 0 aliphatic rings. The molecule has 0 spiro atoms. The number of amides is 2. The zero-order chi connectivity index (χ0) is 22.3. The first kappa shape index (κ1) is 21.1. The number of hydrogen-bond acceptors (Lipinski definition) is 4. The molecule has 1 atom stereocenters. The van der Waals surface area contributed by atoms with E-state index in [0.717, 1.165) is 16.3 Å². The van der Waals surface area contributed by atoms with Gasteiger partial charge in [0.2, 0.25) is 0 Å². The summed E-state index contributed by atoms with van der Waals surface area (Å²) in [6.07, 6.45) is 2.62. The van der Waals surface area contributed by atoms with Crippen LogP contribution in [0.15, 0.2) is 91.3 Å². The summed E-state index contributed by atoms with van der Waals surface area (Å²) < 4.78 is 5.84. The number of hydrogen-bond donors (Lipinski definition) is 2. The van der Waals surface area contributed by atoms with E-state index < -0.39 is 6.10 Å². The maximum Gasteiger partial charge on any atom is 0.265 e. The van der Waals surface area contributed by atoms with Crippen LogP contribution in [0.25, 0.3) is 10.8 Å². The van der Waals surface area contributed by atoms with Gasteiger partial charge in [-0.2, -0.15) is 0 Å². The van der Waals surface area contributed by atoms with Gasteiger partial charge in [-0.1, -0.05) is 48.5 Å². The fourth-order valence-electron chi connectivity index (χ4n) is 3.30. The second-order valence-corrected chi connectivity index (χ2v) is 7.35. The first-order valence-electron chi connectivity index (χ1n) is 10.3. The van der Waals surface area contributed by atoms with Crippen LogP contribution in [0.2, 0.25) is 0 Å². The van der Waals surface area contributed by atoms with Gasteiger partial charge in [-0.3, -0.25) is 14.6 Å². The zero-order valence-corrected chi connectivity index (χ0v) is 17.6. The minimum Gasteiger partial charge on any atom is -0.481 e. The van der Waals surface area contributed by atoms with Crippen molar-refractivity contribution in [2.24, 2.45) is 0 Å². The predicted molar refractivity (Wildman–Crippen MR) is 125 cm³/mol. The number of nitrogens with zero attached hydrogens (tertiary/aromatic N) is 1. The van der Waals surface area contributed by atoms with E-state index in [1.54, 1.807) is 43.6 Å². The number of aromatic nitrogens is 1. The predicted octanol–water partition coefficient (Wildman–Crippen LogP) is 4.57. The van der Waals surface area contributed by atoms with E-state index in [9.17, 15) is 9.59 Å². The Hall–Kier alpha value is -4.19. The van der Waals surface area contributed by atoms with Crippen molar-refractivity contribution >= 4 is 28.3 Å². The molecule has 0 bridgehead atoms. The highest BCUT2D eigenvalue weighted by Crippen LogP contribution is 2.22. The standard InChI is InChI=1S/C26H23N3O3/c1-18(32-22-13-12-20-8-2-3-9-21(20)15-22)25(30)29-24-11-5-4-10-23(24)26(31)28-17-19-7-6-14-27-16-19/h2-16,18H,17H2,1H3,(H,28,31)(H,29,30). The number of ether oxygens (including phenoxy) is 1. The fourth-order valence-corrected chi connectivity index (χ4v) is 3.30. The third-order valence-electron chi connectivity index (χ3n) is 5.01. The third-order valence-corrected chi connectivity index (χ3v) is 5.01. The van der Waals surface area contributed by atoms with Crippen molar-refractivity contribution in [2.45, 2.75) is 19.6 Å². The van der Waals surface area contributed by atoms with E-state index in [1.165, 1.54) is 0 Å². The van der Waals surface area contributed by atoms with Crippen molar-refractivity contribution in [1.82, 2.24) is 10.3 Å². The SMILES string of the molecule is CC(Oc1ccc2ccccc2c1)C(=O)Nc1ccccc1C(=O)NCc1cccnc1. The molecule has 1 heterocycles. The molecule has 4 rings (SSSR count). The molecule has 0 saturated heterocycles. The van der Waals surface area contributed by atoms with Crippen LogP contribution in [0.4, 0.5) is 5.69 Å². The maximum atomic E-state index is 12.8. The molecule has 2 N–H and O–H groups in total. The highest BCUT2D eigenvalue weighted by molar-refractivity contribution is 6.04. The summed E-state index contributed by atoms with van der Waals surface area (Å²) in [6, 6.07) is 24.2. The Kier molecular flexibility index (Phi) is 6.41. The number of nitrogens with one attached hydrogen (secondary N) is 2. The Morgan fingerprint density at radius 2 is 1.72 bits per heavy atom. The molecule has 1 unspecified atom stereocenters. The molecule has 32 heavy (non-hydrogen) atoms. The smallest absolute Gasteiger partial charge is 0.265 e. The first-order valence-corrected chi connectivity index (χ1v) is 10.3. The Morgan fingerprint density at radius 1 is 0.938 bits per heavy atom. The van der Waals surface area contributed by atoms with Crippen molar-refractivity contribution in [3.05, 3.63) is 102 Å². The Balaban J connectivity index is 1.41. The Labute approximate surface area is 186 Å². The third kappa shape index (κ3) is 5.10. The second-order valence-electron chi connectivity index (χ2n) is 7.35. The number of carbonyl (C=O) groups is 2. The van der Waals surface area contributed by atoms with E-state index in [1.807, 2.05) is 54.6 Å². The highest BCUT2D eigenvalue weighted by Gasteiger charge is 2.18. The van der Waals surface area contributed by atoms with Crippen LogP contribution in [0.3, 0.4) is 0 Å². The highest BCUT2D eigenvalue weighted by atomic mass is 16.5. The van der Waals surface area contributed by atoms with Crippen LogP contribution >= 0.6 is 0 Å². The first-order chi connectivity index (χ1) is 15.6. The Morgan fingerprint density at radius 3 is 2.53 bits per heavy atom. The molecular weight excluding hydrogens is 402 g/mol. The molecule has 6 heteroatoms. The number of para-hydroxylation sites is 1. The number of pyridine rings is 1. The van der Waals surface area contributed by atoms with Gasteiger partial charge in [0.1, 0.15) is 5.75 Å². The normalized spacial score (nSPS) is 11.5. The van der Waals surface area contributed by atoms with Gasteiger partial charge >= 0.3 is 0 Å². The maximum absolute atomic E-state index is 12.8. The number of anilines is 1. The van der Waals surface area contributed by atoms with Crippen LogP contribution in [0, 0.1) is 0 Å². The van der Waals surface area contributed by atoms with E-state index >= 15 is 0 Å². The summed E-state index contributed by atoms with van der Waals surface area (Å²) in [7, 11) is 0. The van der Waals surface area contributed by atoms with Gasteiger partial charge < -0.3 is 15.4 Å². The minimum atomic E-state index is -0.748. The molecule has 0 aliphatic heterocycles. The summed E-state index contributed by atoms with van der Waals surface area (Å²) in [5.74, 6) is -0.0210. The van der Waals surface area contributed by atoms with Crippen molar-refractivity contribution in [2.75, 3.05) is 5.32 Å². The van der Waals surface area contributed by atoms with E-state index in [0.29, 0.717) is 23.5 Å². The largest absolute Gasteiger partial charge is 0.481 e. The quantitative estimate of drug-likeness (QED) is 0.455. The molecule has 3 aromatic carbocycles. The van der Waals surface area contributed by atoms with Crippen LogP contribution in [0.1, 0.15) is 22.8 Å². The summed E-state index contributed by atoms with van der Waals surface area (Å²) in [5.41, 5.74) is 1.69. The lowest BCUT2D eigenvalue weighted by Crippen LogP contribution is -2.31. The van der Waals surface area contributed by atoms with E-state index in [2.05, 4.69) is 15.6 Å². The van der Waals surface area contributed by atoms with Crippen molar-refractivity contribution in [3.63, 3.8) is 0 Å². The van der Waals surface area contributed by atoms with Gasteiger partial charge in [0.15, 0.2) is 6.10 Å². The molecule has 160 valence electrons. The van der Waals surface area contributed by atoms with Gasteiger partial charge in [0.05, 0.1) is 11.3 Å². The molecule has 0 fully saturated rings. The average Bonchev–Trinajstić information content (AvgIpc) is 2.83. The van der Waals surface area contributed by atoms with Gasteiger partial charge in [0.25, 0.3) is 11.8 Å². The minimum absolute atomic E-state index is 0.284. The second kappa shape index (κ2) is 9.75. The lowest BCUT2D eigenvalue weighted by Gasteiger charge is -2.17. The summed E-state index contributed by atoms with van der Waals surface area (Å²) in [5, 5.41) is 7.80. The number of fused-ring (bicyclic) bond motifs is 1. The van der Waals surface area contributed by atoms with Crippen LogP contribution in [-0.4, -0.2) is 22.9 Å². The van der Waals surface area contributed by atoms with Crippen molar-refractivity contribution in [3.8, 4) is 5.75 Å². The topological polar surface area (TPSA) is 80.3 Å². The number of rotatable bonds is 7. The van der Waals surface area contributed by atoms with Gasteiger partial charge in [0, 0.05) is 18.9 Å². The molecule has 0 aliphatic carbocycles. The van der Waals surface area contributed by atoms with Gasteiger partial charge in [-0.15, -0.1) is 0 Å².